The van der Waals surface area contributed by atoms with Gasteiger partial charge in [-0.2, -0.15) is 0 Å². The van der Waals surface area contributed by atoms with Crippen LogP contribution in [0, 0.1) is 11.6 Å². The zero-order valence-corrected chi connectivity index (χ0v) is 15.4. The highest BCUT2D eigenvalue weighted by Crippen LogP contribution is 2.38. The molecule has 0 amide bonds. The summed E-state index contributed by atoms with van der Waals surface area (Å²) in [5.74, 6) is -1.64. The maximum Gasteiger partial charge on any atom is 0.209 e. The number of benzene rings is 2. The summed E-state index contributed by atoms with van der Waals surface area (Å²) in [5, 5.41) is 0.662. The number of hydrogen-bond acceptors (Lipinski definition) is 3. The van der Waals surface area contributed by atoms with Crippen molar-refractivity contribution in [3.05, 3.63) is 70.7 Å². The summed E-state index contributed by atoms with van der Waals surface area (Å²) in [7, 11) is 1.32. The second-order valence-electron chi connectivity index (χ2n) is 5.71. The van der Waals surface area contributed by atoms with Gasteiger partial charge >= 0.3 is 0 Å². The lowest BCUT2D eigenvalue weighted by molar-refractivity contribution is 0.407. The van der Waals surface area contributed by atoms with Crippen molar-refractivity contribution in [2.75, 3.05) is 7.11 Å². The van der Waals surface area contributed by atoms with E-state index < -0.39 is 11.6 Å². The van der Waals surface area contributed by atoms with Crippen LogP contribution in [0.4, 0.5) is 8.78 Å². The minimum absolute atomic E-state index is 0.00333. The van der Waals surface area contributed by atoms with Crippen LogP contribution >= 0.6 is 23.2 Å². The normalized spacial score (nSPS) is 11.1. The lowest BCUT2D eigenvalue weighted by Gasteiger charge is -2.13. The summed E-state index contributed by atoms with van der Waals surface area (Å²) >= 11 is 12.4. The van der Waals surface area contributed by atoms with Gasteiger partial charge in [-0.3, -0.25) is 9.55 Å². The molecule has 0 unspecified atom stereocenters. The van der Waals surface area contributed by atoms with Crippen LogP contribution in [0.15, 0.2) is 48.7 Å². The van der Waals surface area contributed by atoms with Gasteiger partial charge in [0, 0.05) is 17.5 Å². The predicted octanol–water partition coefficient (Wildman–Crippen LogP) is 5.68. The molecule has 0 aliphatic carbocycles. The largest absolute Gasteiger partial charge is 0.497 e. The third-order valence-corrected chi connectivity index (χ3v) is 4.63. The molecule has 136 valence electrons. The Kier molecular flexibility index (Phi) is 4.45. The van der Waals surface area contributed by atoms with E-state index in [1.807, 2.05) is 24.3 Å². The second-order valence-corrected chi connectivity index (χ2v) is 6.40. The van der Waals surface area contributed by atoms with Crippen molar-refractivity contribution in [3.63, 3.8) is 0 Å². The average Bonchev–Trinajstić information content (AvgIpc) is 2.94. The summed E-state index contributed by atoms with van der Waals surface area (Å²) in [6.45, 7) is 0. The Morgan fingerprint density at radius 3 is 2.44 bits per heavy atom. The molecule has 0 radical (unpaired) electrons. The fourth-order valence-corrected chi connectivity index (χ4v) is 3.46. The topological polar surface area (TPSA) is 39.9 Å². The molecule has 0 aliphatic rings. The van der Waals surface area contributed by atoms with Gasteiger partial charge in [-0.1, -0.05) is 29.8 Å². The number of ether oxygens (including phenoxy) is 1. The Bertz CT molecular complexity index is 1150. The Labute approximate surface area is 163 Å². The third kappa shape index (κ3) is 3.01. The van der Waals surface area contributed by atoms with E-state index in [0.717, 1.165) is 23.0 Å². The first-order valence-electron chi connectivity index (χ1n) is 7.82. The van der Waals surface area contributed by atoms with Crippen LogP contribution < -0.4 is 4.74 Å². The first-order valence-corrected chi connectivity index (χ1v) is 8.57. The van der Waals surface area contributed by atoms with E-state index in [2.05, 4.69) is 9.97 Å². The monoisotopic (exact) mass is 405 g/mol. The Morgan fingerprint density at radius 2 is 1.74 bits per heavy atom. The molecular weight excluding hydrogens is 395 g/mol. The van der Waals surface area contributed by atoms with Gasteiger partial charge in [-0.25, -0.2) is 13.8 Å². The zero-order chi connectivity index (χ0) is 19.1. The smallest absolute Gasteiger partial charge is 0.209 e. The van der Waals surface area contributed by atoms with Crippen molar-refractivity contribution in [2.45, 2.75) is 0 Å². The summed E-state index contributed by atoms with van der Waals surface area (Å²) in [5.41, 5.74) is 0.888. The Morgan fingerprint density at radius 1 is 1.04 bits per heavy atom. The van der Waals surface area contributed by atoms with E-state index in [9.17, 15) is 8.78 Å². The number of aromatic nitrogens is 3. The number of hydrogen-bond donors (Lipinski definition) is 0. The lowest BCUT2D eigenvalue weighted by atomic mass is 10.1. The van der Waals surface area contributed by atoms with Crippen LogP contribution in [0.2, 0.25) is 10.4 Å². The van der Waals surface area contributed by atoms with E-state index in [0.29, 0.717) is 5.69 Å². The first kappa shape index (κ1) is 17.7. The number of fused-ring (bicyclic) bond motifs is 1. The molecule has 0 atom stereocenters. The first-order chi connectivity index (χ1) is 13.0. The molecule has 2 heterocycles. The molecule has 0 fully saturated rings. The van der Waals surface area contributed by atoms with Crippen molar-refractivity contribution in [3.8, 4) is 22.7 Å². The van der Waals surface area contributed by atoms with Crippen molar-refractivity contribution < 1.29 is 13.5 Å². The molecule has 0 aliphatic heterocycles. The molecule has 2 aromatic carbocycles. The van der Waals surface area contributed by atoms with E-state index >= 15 is 0 Å². The van der Waals surface area contributed by atoms with Gasteiger partial charge in [0.1, 0.15) is 17.4 Å². The Balaban J connectivity index is 1.99. The summed E-state index contributed by atoms with van der Waals surface area (Å²) in [6, 6.07) is 11.4. The van der Waals surface area contributed by atoms with Crippen molar-refractivity contribution in [1.82, 2.24) is 14.5 Å². The molecular formula is C19H11Cl2F2N3O. The second kappa shape index (κ2) is 6.79. The molecule has 0 saturated carbocycles. The van der Waals surface area contributed by atoms with Gasteiger partial charge in [0.15, 0.2) is 5.15 Å². The molecule has 4 rings (SSSR count). The minimum atomic E-state index is -0.847. The van der Waals surface area contributed by atoms with Gasteiger partial charge in [-0.05, 0) is 23.7 Å². The highest BCUT2D eigenvalue weighted by Gasteiger charge is 2.25. The van der Waals surface area contributed by atoms with Crippen LogP contribution in [0.1, 0.15) is 0 Å². The molecule has 2 aromatic heterocycles. The number of methoxy groups -OCH3 is 1. The number of nitrogens with zero attached hydrogens (tertiary/aromatic N) is 3. The molecule has 4 nitrogen and oxygen atoms in total. The molecule has 8 heteroatoms. The van der Waals surface area contributed by atoms with Crippen LogP contribution in [0.25, 0.3) is 27.8 Å². The fourth-order valence-electron chi connectivity index (χ4n) is 2.89. The highest BCUT2D eigenvalue weighted by atomic mass is 35.5. The van der Waals surface area contributed by atoms with E-state index in [-0.39, 0.29) is 27.4 Å². The average molecular weight is 406 g/mol. The number of imidazole rings is 1. The van der Waals surface area contributed by atoms with Gasteiger partial charge in [0.2, 0.25) is 5.28 Å². The van der Waals surface area contributed by atoms with Crippen LogP contribution in [0.3, 0.4) is 0 Å². The number of para-hydroxylation sites is 1. The van der Waals surface area contributed by atoms with Crippen molar-refractivity contribution in [1.29, 1.82) is 0 Å². The lowest BCUT2D eigenvalue weighted by Crippen LogP contribution is -2.02. The van der Waals surface area contributed by atoms with Gasteiger partial charge in [0.05, 0.1) is 35.8 Å². The van der Waals surface area contributed by atoms with Gasteiger partial charge in [-0.15, -0.1) is 0 Å². The zero-order valence-electron chi connectivity index (χ0n) is 13.9. The van der Waals surface area contributed by atoms with Crippen LogP contribution in [0.5, 0.6) is 5.75 Å². The maximum absolute atomic E-state index is 14.6. The Hall–Kier alpha value is -2.70. The van der Waals surface area contributed by atoms with Crippen molar-refractivity contribution >= 4 is 34.1 Å². The summed E-state index contributed by atoms with van der Waals surface area (Å²) in [4.78, 5) is 8.33. The van der Waals surface area contributed by atoms with E-state index in [4.69, 9.17) is 27.9 Å². The maximum atomic E-state index is 14.6. The number of rotatable bonds is 3. The number of halogens is 4. The van der Waals surface area contributed by atoms with Gasteiger partial charge in [0.25, 0.3) is 0 Å². The van der Waals surface area contributed by atoms with Crippen LogP contribution in [-0.4, -0.2) is 21.6 Å². The molecule has 0 saturated heterocycles. The van der Waals surface area contributed by atoms with E-state index in [1.165, 1.54) is 17.9 Å². The molecule has 0 bridgehead atoms. The summed E-state index contributed by atoms with van der Waals surface area (Å²) in [6.07, 6.45) is 1.54. The fraction of sp³-hybridized carbons (Fsp3) is 0.0526. The van der Waals surface area contributed by atoms with Crippen molar-refractivity contribution in [2.24, 2.45) is 0 Å². The quantitative estimate of drug-likeness (QED) is 0.440. The summed E-state index contributed by atoms with van der Waals surface area (Å²) < 4.78 is 35.5. The molecule has 27 heavy (non-hydrogen) atoms. The van der Waals surface area contributed by atoms with Crippen LogP contribution in [-0.2, 0) is 0 Å². The van der Waals surface area contributed by atoms with Gasteiger partial charge < -0.3 is 4.74 Å². The molecule has 4 aromatic rings. The third-order valence-electron chi connectivity index (χ3n) is 4.12. The molecule has 0 N–H and O–H groups in total. The van der Waals surface area contributed by atoms with E-state index in [1.54, 1.807) is 6.07 Å². The predicted molar refractivity (Wildman–Crippen MR) is 101 cm³/mol. The standard InChI is InChI=1S/C19H11Cl2F2N3O/c1-27-12-7-13(22)16(14(23)8-12)17-18(20)25-19(21)26(17)11-6-10-4-2-3-5-15(10)24-9-11/h2-9H,1H3. The highest BCUT2D eigenvalue weighted by molar-refractivity contribution is 6.34. The SMILES string of the molecule is COc1cc(F)c(-c2c(Cl)nc(Cl)n2-c2cnc3ccccc3c2)c(F)c1. The number of pyridine rings is 1. The minimum Gasteiger partial charge on any atom is -0.497 e. The molecule has 0 spiro atoms.